The molecule has 146 valence electrons. The molecule has 1 N–H and O–H groups in total. The molecule has 0 radical (unpaired) electrons. The number of hydrogen-bond donors (Lipinski definition) is 1. The fourth-order valence-electron chi connectivity index (χ4n) is 3.17. The molecule has 3 heterocycles. The van der Waals surface area contributed by atoms with Crippen LogP contribution in [0.4, 0.5) is 5.82 Å². The van der Waals surface area contributed by atoms with E-state index in [1.54, 1.807) is 17.5 Å². The zero-order chi connectivity index (χ0) is 20.2. The summed E-state index contributed by atoms with van der Waals surface area (Å²) in [6, 6.07) is 14.5. The molecule has 0 spiro atoms. The first kappa shape index (κ1) is 19.2. The third-order valence-electron chi connectivity index (χ3n) is 4.70. The number of anilines is 1. The van der Waals surface area contributed by atoms with E-state index in [1.807, 2.05) is 32.0 Å². The molecule has 3 aromatic heterocycles. The highest BCUT2D eigenvalue weighted by molar-refractivity contribution is 7.13. The summed E-state index contributed by atoms with van der Waals surface area (Å²) in [5.41, 5.74) is 6.52. The Labute approximate surface area is 174 Å². The average Bonchev–Trinajstić information content (AvgIpc) is 3.20. The molecule has 0 unspecified atom stereocenters. The van der Waals surface area contributed by atoms with E-state index in [-0.39, 0.29) is 0 Å². The molecule has 0 atom stereocenters. The van der Waals surface area contributed by atoms with Gasteiger partial charge in [-0.1, -0.05) is 35.9 Å². The predicted molar refractivity (Wildman–Crippen MR) is 118 cm³/mol. The van der Waals surface area contributed by atoms with E-state index in [0.29, 0.717) is 6.54 Å². The normalized spacial score (nSPS) is 10.9. The van der Waals surface area contributed by atoms with Gasteiger partial charge in [-0.3, -0.25) is 4.98 Å². The Kier molecular flexibility index (Phi) is 5.62. The highest BCUT2D eigenvalue weighted by Crippen LogP contribution is 2.24. The summed E-state index contributed by atoms with van der Waals surface area (Å²) in [5.74, 6) is 1.65. The standard InChI is InChI=1S/C23H23N5S/c1-15-7-9-18(10-8-15)12-20-16(2)26-17(3)27-22(20)25-13-19-14-29-23(28-19)21-6-4-5-11-24-21/h4-11,14H,12-13H2,1-3H3,(H,25,26,27). The van der Waals surface area contributed by atoms with Gasteiger partial charge in [0.2, 0.25) is 0 Å². The van der Waals surface area contributed by atoms with Crippen molar-refractivity contribution in [1.82, 2.24) is 19.9 Å². The number of benzene rings is 1. The van der Waals surface area contributed by atoms with Crippen LogP contribution in [-0.4, -0.2) is 19.9 Å². The molecule has 5 nitrogen and oxygen atoms in total. The van der Waals surface area contributed by atoms with E-state index in [1.165, 1.54) is 11.1 Å². The van der Waals surface area contributed by atoms with Crippen LogP contribution in [0.5, 0.6) is 0 Å². The molecule has 4 rings (SSSR count). The van der Waals surface area contributed by atoms with Crippen molar-refractivity contribution in [2.75, 3.05) is 5.32 Å². The first-order chi connectivity index (χ1) is 14.1. The largest absolute Gasteiger partial charge is 0.364 e. The summed E-state index contributed by atoms with van der Waals surface area (Å²) in [4.78, 5) is 18.3. The fraction of sp³-hybridized carbons (Fsp3) is 0.217. The lowest BCUT2D eigenvalue weighted by molar-refractivity contribution is 0.940. The van der Waals surface area contributed by atoms with Crippen molar-refractivity contribution in [2.24, 2.45) is 0 Å². The molecule has 0 amide bonds. The lowest BCUT2D eigenvalue weighted by atomic mass is 10.0. The summed E-state index contributed by atoms with van der Waals surface area (Å²) in [7, 11) is 0. The van der Waals surface area contributed by atoms with Gasteiger partial charge in [0.05, 0.1) is 17.9 Å². The van der Waals surface area contributed by atoms with Crippen LogP contribution in [0.2, 0.25) is 0 Å². The molecule has 0 bridgehead atoms. The minimum absolute atomic E-state index is 0.611. The van der Waals surface area contributed by atoms with E-state index >= 15 is 0 Å². The van der Waals surface area contributed by atoms with Gasteiger partial charge < -0.3 is 5.32 Å². The highest BCUT2D eigenvalue weighted by atomic mass is 32.1. The average molecular weight is 402 g/mol. The molecule has 0 saturated carbocycles. The Morgan fingerprint density at radius 1 is 0.931 bits per heavy atom. The number of rotatable bonds is 6. The number of nitrogens with one attached hydrogen (secondary N) is 1. The topological polar surface area (TPSA) is 63.6 Å². The maximum atomic E-state index is 4.71. The molecule has 1 aromatic carbocycles. The molecule has 6 heteroatoms. The third kappa shape index (κ3) is 4.66. The van der Waals surface area contributed by atoms with Gasteiger partial charge in [0, 0.05) is 29.3 Å². The summed E-state index contributed by atoms with van der Waals surface area (Å²) in [6.07, 6.45) is 2.59. The smallest absolute Gasteiger partial charge is 0.142 e. The van der Waals surface area contributed by atoms with Crippen LogP contribution in [-0.2, 0) is 13.0 Å². The highest BCUT2D eigenvalue weighted by Gasteiger charge is 2.12. The van der Waals surface area contributed by atoms with E-state index in [9.17, 15) is 0 Å². The Morgan fingerprint density at radius 3 is 2.52 bits per heavy atom. The SMILES string of the molecule is Cc1ccc(Cc2c(C)nc(C)nc2NCc2csc(-c3ccccn3)n2)cc1. The lowest BCUT2D eigenvalue weighted by Crippen LogP contribution is -2.10. The number of thiazole rings is 1. The van der Waals surface area contributed by atoms with Crippen LogP contribution in [0, 0.1) is 20.8 Å². The maximum absolute atomic E-state index is 4.71. The van der Waals surface area contributed by atoms with Gasteiger partial charge in [-0.2, -0.15) is 0 Å². The first-order valence-corrected chi connectivity index (χ1v) is 10.5. The van der Waals surface area contributed by atoms with Gasteiger partial charge in [0.1, 0.15) is 16.6 Å². The molecule has 0 saturated heterocycles. The maximum Gasteiger partial charge on any atom is 0.142 e. The second kappa shape index (κ2) is 8.49. The van der Waals surface area contributed by atoms with Gasteiger partial charge in [0.15, 0.2) is 0 Å². The van der Waals surface area contributed by atoms with Crippen LogP contribution in [0.25, 0.3) is 10.7 Å². The molecule has 0 aliphatic rings. The molecular weight excluding hydrogens is 378 g/mol. The second-order valence-corrected chi connectivity index (χ2v) is 7.92. The third-order valence-corrected chi connectivity index (χ3v) is 5.61. The van der Waals surface area contributed by atoms with E-state index in [2.05, 4.69) is 56.8 Å². The Morgan fingerprint density at radius 2 is 1.76 bits per heavy atom. The van der Waals surface area contributed by atoms with Crippen molar-refractivity contribution in [2.45, 2.75) is 33.7 Å². The van der Waals surface area contributed by atoms with E-state index in [4.69, 9.17) is 4.98 Å². The van der Waals surface area contributed by atoms with Crippen molar-refractivity contribution in [3.05, 3.63) is 87.9 Å². The van der Waals surface area contributed by atoms with Crippen LogP contribution < -0.4 is 5.32 Å². The van der Waals surface area contributed by atoms with E-state index in [0.717, 1.165) is 45.7 Å². The Balaban J connectivity index is 1.54. The van der Waals surface area contributed by atoms with Gasteiger partial charge in [0.25, 0.3) is 0 Å². The van der Waals surface area contributed by atoms with Crippen molar-refractivity contribution >= 4 is 17.2 Å². The van der Waals surface area contributed by atoms with Crippen molar-refractivity contribution in [3.63, 3.8) is 0 Å². The minimum atomic E-state index is 0.611. The summed E-state index contributed by atoms with van der Waals surface area (Å²) < 4.78 is 0. The first-order valence-electron chi connectivity index (χ1n) is 9.58. The van der Waals surface area contributed by atoms with Crippen LogP contribution >= 0.6 is 11.3 Å². The molecule has 0 aliphatic heterocycles. The number of nitrogens with zero attached hydrogens (tertiary/aromatic N) is 4. The molecule has 4 aromatic rings. The summed E-state index contributed by atoms with van der Waals surface area (Å²) in [5, 5.41) is 6.48. The number of aromatic nitrogens is 4. The molecule has 29 heavy (non-hydrogen) atoms. The number of aryl methyl sites for hydroxylation is 3. The van der Waals surface area contributed by atoms with Gasteiger partial charge in [-0.15, -0.1) is 11.3 Å². The fourth-order valence-corrected chi connectivity index (χ4v) is 3.97. The number of hydrogen-bond acceptors (Lipinski definition) is 6. The van der Waals surface area contributed by atoms with Crippen molar-refractivity contribution in [1.29, 1.82) is 0 Å². The molecule has 0 fully saturated rings. The van der Waals surface area contributed by atoms with Gasteiger partial charge in [-0.05, 0) is 38.5 Å². The summed E-state index contributed by atoms with van der Waals surface area (Å²) in [6.45, 7) is 6.69. The molecule has 0 aliphatic carbocycles. The second-order valence-electron chi connectivity index (χ2n) is 7.06. The Bertz CT molecular complexity index is 1100. The van der Waals surface area contributed by atoms with E-state index < -0.39 is 0 Å². The Hall–Kier alpha value is -3.12. The zero-order valence-electron chi connectivity index (χ0n) is 16.8. The monoisotopic (exact) mass is 401 g/mol. The van der Waals surface area contributed by atoms with Crippen LogP contribution in [0.3, 0.4) is 0 Å². The number of pyridine rings is 1. The minimum Gasteiger partial charge on any atom is -0.364 e. The quantitative estimate of drug-likeness (QED) is 0.486. The van der Waals surface area contributed by atoms with Crippen molar-refractivity contribution < 1.29 is 0 Å². The van der Waals surface area contributed by atoms with Gasteiger partial charge in [-0.25, -0.2) is 15.0 Å². The summed E-state index contributed by atoms with van der Waals surface area (Å²) >= 11 is 1.61. The zero-order valence-corrected chi connectivity index (χ0v) is 17.6. The predicted octanol–water partition coefficient (Wildman–Crippen LogP) is 5.12. The van der Waals surface area contributed by atoms with Crippen molar-refractivity contribution in [3.8, 4) is 10.7 Å². The van der Waals surface area contributed by atoms with Crippen LogP contribution in [0.1, 0.15) is 33.9 Å². The van der Waals surface area contributed by atoms with Gasteiger partial charge >= 0.3 is 0 Å². The van der Waals surface area contributed by atoms with Crippen LogP contribution in [0.15, 0.2) is 54.0 Å². The molecular formula is C23H23N5S. The lowest BCUT2D eigenvalue weighted by Gasteiger charge is -2.14.